The van der Waals surface area contributed by atoms with Gasteiger partial charge in [0, 0.05) is 30.9 Å². The number of benzene rings is 1. The highest BCUT2D eigenvalue weighted by Gasteiger charge is 2.33. The van der Waals surface area contributed by atoms with E-state index in [0.717, 1.165) is 25.1 Å². The van der Waals surface area contributed by atoms with Gasteiger partial charge >= 0.3 is 0 Å². The number of aromatic nitrogens is 2. The van der Waals surface area contributed by atoms with Crippen LogP contribution in [0.1, 0.15) is 43.1 Å². The zero-order valence-corrected chi connectivity index (χ0v) is 12.3. The van der Waals surface area contributed by atoms with Gasteiger partial charge in [0.25, 0.3) is 0 Å². The fourth-order valence-corrected chi connectivity index (χ4v) is 3.30. The molecule has 0 N–H and O–H groups in total. The molecule has 1 saturated heterocycles. The summed E-state index contributed by atoms with van der Waals surface area (Å²) in [4.78, 5) is 6.38. The number of halogens is 2. The molecule has 0 amide bonds. The molecule has 1 fully saturated rings. The van der Waals surface area contributed by atoms with Gasteiger partial charge < -0.3 is 4.57 Å². The molecular formula is C16H19F2N3. The molecule has 21 heavy (non-hydrogen) atoms. The smallest absolute Gasteiger partial charge is 0.128 e. The first-order valence-corrected chi connectivity index (χ1v) is 7.25. The quantitative estimate of drug-likeness (QED) is 0.861. The zero-order valence-electron chi connectivity index (χ0n) is 12.3. The summed E-state index contributed by atoms with van der Waals surface area (Å²) in [5.41, 5.74) is 1.54. The molecule has 3 rings (SSSR count). The molecule has 1 unspecified atom stereocenters. The Bertz CT molecular complexity index is 638. The van der Waals surface area contributed by atoms with Crippen molar-refractivity contribution < 1.29 is 8.78 Å². The first kappa shape index (κ1) is 14.2. The van der Waals surface area contributed by atoms with E-state index in [1.165, 1.54) is 18.2 Å². The van der Waals surface area contributed by atoms with Crippen LogP contribution in [0, 0.1) is 11.6 Å². The fraction of sp³-hybridized carbons (Fsp3) is 0.438. The number of hydrogen-bond donors (Lipinski definition) is 0. The van der Waals surface area contributed by atoms with E-state index < -0.39 is 0 Å². The summed E-state index contributed by atoms with van der Waals surface area (Å²) < 4.78 is 29.5. The lowest BCUT2D eigenvalue weighted by molar-refractivity contribution is 0.184. The Labute approximate surface area is 123 Å². The van der Waals surface area contributed by atoms with Crippen LogP contribution in [0.25, 0.3) is 0 Å². The predicted molar refractivity (Wildman–Crippen MR) is 76.7 cm³/mol. The van der Waals surface area contributed by atoms with Gasteiger partial charge in [0.1, 0.15) is 11.6 Å². The molecule has 0 radical (unpaired) electrons. The van der Waals surface area contributed by atoms with Gasteiger partial charge in [0.05, 0.1) is 12.0 Å². The lowest BCUT2D eigenvalue weighted by Crippen LogP contribution is -2.28. The molecule has 0 aliphatic carbocycles. The topological polar surface area (TPSA) is 21.1 Å². The van der Waals surface area contributed by atoms with Gasteiger partial charge in [0.2, 0.25) is 0 Å². The summed E-state index contributed by atoms with van der Waals surface area (Å²) in [5, 5.41) is 0. The number of hydrogen-bond acceptors (Lipinski definition) is 2. The highest BCUT2D eigenvalue weighted by Crippen LogP contribution is 2.39. The van der Waals surface area contributed by atoms with E-state index in [1.807, 2.05) is 17.8 Å². The van der Waals surface area contributed by atoms with Crippen molar-refractivity contribution in [2.75, 3.05) is 6.54 Å². The van der Waals surface area contributed by atoms with E-state index in [4.69, 9.17) is 0 Å². The van der Waals surface area contributed by atoms with E-state index in [0.29, 0.717) is 5.56 Å². The predicted octanol–water partition coefficient (Wildman–Crippen LogP) is 3.60. The average Bonchev–Trinajstić information content (AvgIpc) is 3.09. The van der Waals surface area contributed by atoms with Crippen molar-refractivity contribution in [3.05, 3.63) is 53.6 Å². The molecule has 2 atom stereocenters. The Balaban J connectivity index is 1.92. The van der Waals surface area contributed by atoms with Gasteiger partial charge in [-0.3, -0.25) is 4.90 Å². The zero-order chi connectivity index (χ0) is 15.0. The fourth-order valence-electron chi connectivity index (χ4n) is 3.30. The summed E-state index contributed by atoms with van der Waals surface area (Å²) in [6, 6.07) is 3.76. The van der Waals surface area contributed by atoms with Crippen molar-refractivity contribution in [2.24, 2.45) is 7.05 Å². The monoisotopic (exact) mass is 291 g/mol. The molecule has 0 spiro atoms. The van der Waals surface area contributed by atoms with Gasteiger partial charge in [0.15, 0.2) is 0 Å². The summed E-state index contributed by atoms with van der Waals surface area (Å²) in [5.74, 6) is -0.711. The van der Waals surface area contributed by atoms with E-state index in [-0.39, 0.29) is 23.7 Å². The first-order valence-electron chi connectivity index (χ1n) is 7.25. The van der Waals surface area contributed by atoms with E-state index >= 15 is 0 Å². The summed E-state index contributed by atoms with van der Waals surface area (Å²) >= 11 is 0. The molecule has 1 aromatic carbocycles. The SMILES string of the molecule is CC(c1cncn1C)N1CCC[C@@H]1c1cc(F)ccc1F. The van der Waals surface area contributed by atoms with Crippen molar-refractivity contribution in [1.29, 1.82) is 0 Å². The van der Waals surface area contributed by atoms with Crippen molar-refractivity contribution in [3.8, 4) is 0 Å². The largest absolute Gasteiger partial charge is 0.336 e. The normalized spacial score (nSPS) is 20.9. The molecule has 1 aliphatic rings. The van der Waals surface area contributed by atoms with Gasteiger partial charge in [-0.25, -0.2) is 13.8 Å². The molecule has 0 bridgehead atoms. The third kappa shape index (κ3) is 2.58. The van der Waals surface area contributed by atoms with Gasteiger partial charge in [-0.05, 0) is 44.5 Å². The summed E-state index contributed by atoms with van der Waals surface area (Å²) in [6.07, 6.45) is 5.44. The number of likely N-dealkylation sites (tertiary alicyclic amines) is 1. The average molecular weight is 291 g/mol. The highest BCUT2D eigenvalue weighted by atomic mass is 19.1. The number of imidazole rings is 1. The number of nitrogens with zero attached hydrogens (tertiary/aromatic N) is 3. The Morgan fingerprint density at radius 2 is 2.14 bits per heavy atom. The van der Waals surface area contributed by atoms with Crippen molar-refractivity contribution in [2.45, 2.75) is 31.8 Å². The van der Waals surface area contributed by atoms with Crippen LogP contribution < -0.4 is 0 Å². The van der Waals surface area contributed by atoms with E-state index in [1.54, 1.807) is 6.33 Å². The minimum Gasteiger partial charge on any atom is -0.336 e. The van der Waals surface area contributed by atoms with Crippen LogP contribution in [0.2, 0.25) is 0 Å². The van der Waals surface area contributed by atoms with Crippen LogP contribution >= 0.6 is 0 Å². The van der Waals surface area contributed by atoms with Gasteiger partial charge in [-0.2, -0.15) is 0 Å². The van der Waals surface area contributed by atoms with Gasteiger partial charge in [-0.1, -0.05) is 0 Å². The lowest BCUT2D eigenvalue weighted by atomic mass is 10.0. The molecule has 3 nitrogen and oxygen atoms in total. The first-order chi connectivity index (χ1) is 10.1. The Kier molecular flexibility index (Phi) is 3.76. The highest BCUT2D eigenvalue weighted by molar-refractivity contribution is 5.24. The lowest BCUT2D eigenvalue weighted by Gasteiger charge is -2.31. The minimum atomic E-state index is -0.383. The molecule has 0 saturated carbocycles. The standard InChI is InChI=1S/C16H19F2N3/c1-11(16-9-19-10-20(16)2)21-7-3-4-15(21)13-8-12(17)5-6-14(13)18/h5-6,8-11,15H,3-4,7H2,1-2H3/t11?,15-/m1/s1. The maximum Gasteiger partial charge on any atom is 0.128 e. The number of aryl methyl sites for hydroxylation is 1. The van der Waals surface area contributed by atoms with Crippen LogP contribution in [-0.4, -0.2) is 21.0 Å². The second kappa shape index (κ2) is 5.56. The Morgan fingerprint density at radius 3 is 2.86 bits per heavy atom. The molecule has 1 aliphatic heterocycles. The number of rotatable bonds is 3. The van der Waals surface area contributed by atoms with Crippen LogP contribution in [0.4, 0.5) is 8.78 Å². The molecule has 5 heteroatoms. The van der Waals surface area contributed by atoms with E-state index in [2.05, 4.69) is 16.8 Å². The van der Waals surface area contributed by atoms with Crippen LogP contribution in [0.3, 0.4) is 0 Å². The van der Waals surface area contributed by atoms with Crippen LogP contribution in [0.5, 0.6) is 0 Å². The van der Waals surface area contributed by atoms with Crippen molar-refractivity contribution in [1.82, 2.24) is 14.5 Å². The Hall–Kier alpha value is -1.75. The maximum atomic E-state index is 14.1. The van der Waals surface area contributed by atoms with E-state index in [9.17, 15) is 8.78 Å². The molecule has 112 valence electrons. The molecular weight excluding hydrogens is 272 g/mol. The minimum absolute atomic E-state index is 0.0781. The van der Waals surface area contributed by atoms with Gasteiger partial charge in [-0.15, -0.1) is 0 Å². The van der Waals surface area contributed by atoms with Crippen molar-refractivity contribution >= 4 is 0 Å². The second-order valence-electron chi connectivity index (χ2n) is 5.67. The Morgan fingerprint density at radius 1 is 1.33 bits per heavy atom. The van der Waals surface area contributed by atoms with Crippen LogP contribution in [0.15, 0.2) is 30.7 Å². The second-order valence-corrected chi connectivity index (χ2v) is 5.67. The molecule has 2 heterocycles. The van der Waals surface area contributed by atoms with Crippen LogP contribution in [-0.2, 0) is 7.05 Å². The molecule has 2 aromatic rings. The third-order valence-electron chi connectivity index (χ3n) is 4.39. The third-order valence-corrected chi connectivity index (χ3v) is 4.39. The molecule has 1 aromatic heterocycles. The summed E-state index contributed by atoms with van der Waals surface area (Å²) in [7, 11) is 1.95. The summed E-state index contributed by atoms with van der Waals surface area (Å²) in [6.45, 7) is 2.97. The maximum absolute atomic E-state index is 14.1. The van der Waals surface area contributed by atoms with Crippen molar-refractivity contribution in [3.63, 3.8) is 0 Å².